The Morgan fingerprint density at radius 1 is 1.80 bits per heavy atom. The Morgan fingerprint density at radius 3 is 2.20 bits per heavy atom. The molecule has 0 spiro atoms. The average molecular weight is 163 g/mol. The summed E-state index contributed by atoms with van der Waals surface area (Å²) >= 11 is 3.87. The molecule has 0 aliphatic heterocycles. The van der Waals surface area contributed by atoms with E-state index in [0.717, 1.165) is 0 Å². The number of carbonyl (C=O) groups is 1. The fraction of sp³-hybridized carbons (Fsp3) is 0.833. The number of thiol groups is 1. The van der Waals surface area contributed by atoms with Crippen LogP contribution in [0.3, 0.4) is 0 Å². The highest BCUT2D eigenvalue weighted by Gasteiger charge is 2.35. The second-order valence-corrected chi connectivity index (χ2v) is 2.97. The van der Waals surface area contributed by atoms with E-state index in [1.54, 1.807) is 13.8 Å². The van der Waals surface area contributed by atoms with Crippen molar-refractivity contribution in [2.75, 3.05) is 5.75 Å². The zero-order valence-corrected chi connectivity index (χ0v) is 7.06. The summed E-state index contributed by atoms with van der Waals surface area (Å²) in [5.41, 5.74) is 4.33. The van der Waals surface area contributed by atoms with Gasteiger partial charge in [0.15, 0.2) is 0 Å². The van der Waals surface area contributed by atoms with E-state index in [1.165, 1.54) is 0 Å². The van der Waals surface area contributed by atoms with Gasteiger partial charge in [-0.25, -0.2) is 0 Å². The van der Waals surface area contributed by atoms with E-state index in [4.69, 9.17) is 10.8 Å². The van der Waals surface area contributed by atoms with E-state index < -0.39 is 11.5 Å². The fourth-order valence-electron chi connectivity index (χ4n) is 0.497. The van der Waals surface area contributed by atoms with Gasteiger partial charge in [0.1, 0.15) is 5.54 Å². The fourth-order valence-corrected chi connectivity index (χ4v) is 0.998. The number of hydrogen-bond donors (Lipinski definition) is 3. The molecule has 0 heterocycles. The highest BCUT2D eigenvalue weighted by Crippen LogP contribution is 2.15. The molecule has 0 aliphatic rings. The molecular formula is C6H13NO2S. The van der Waals surface area contributed by atoms with Crippen molar-refractivity contribution in [1.29, 1.82) is 0 Å². The molecule has 1 atom stereocenters. The first-order valence-corrected chi connectivity index (χ1v) is 3.71. The molecule has 1 unspecified atom stereocenters. The topological polar surface area (TPSA) is 63.3 Å². The maximum atomic E-state index is 10.5. The summed E-state index contributed by atoms with van der Waals surface area (Å²) in [6, 6.07) is 0. The van der Waals surface area contributed by atoms with E-state index in [9.17, 15) is 4.79 Å². The van der Waals surface area contributed by atoms with Crippen LogP contribution in [0.25, 0.3) is 0 Å². The van der Waals surface area contributed by atoms with Crippen molar-refractivity contribution in [3.8, 4) is 0 Å². The van der Waals surface area contributed by atoms with Crippen LogP contribution >= 0.6 is 12.6 Å². The Morgan fingerprint density at radius 2 is 2.20 bits per heavy atom. The number of nitrogens with two attached hydrogens (primary N) is 1. The number of carboxylic acids is 1. The van der Waals surface area contributed by atoms with Crippen LogP contribution in [0.2, 0.25) is 0 Å². The van der Waals surface area contributed by atoms with Crippen LogP contribution in [0.5, 0.6) is 0 Å². The van der Waals surface area contributed by atoms with Crippen LogP contribution in [0, 0.1) is 5.92 Å². The average Bonchev–Trinajstić information content (AvgIpc) is 1.85. The molecule has 0 aliphatic carbocycles. The molecule has 0 radical (unpaired) electrons. The van der Waals surface area contributed by atoms with Gasteiger partial charge >= 0.3 is 5.97 Å². The van der Waals surface area contributed by atoms with Gasteiger partial charge in [-0.05, 0) is 5.92 Å². The first kappa shape index (κ1) is 9.78. The Hall–Kier alpha value is -0.220. The molecule has 10 heavy (non-hydrogen) atoms. The summed E-state index contributed by atoms with van der Waals surface area (Å²) in [6.07, 6.45) is 0. The number of hydrogen-bond acceptors (Lipinski definition) is 3. The molecular weight excluding hydrogens is 150 g/mol. The van der Waals surface area contributed by atoms with Crippen molar-refractivity contribution < 1.29 is 9.90 Å². The van der Waals surface area contributed by atoms with Crippen molar-refractivity contribution in [1.82, 2.24) is 0 Å². The minimum absolute atomic E-state index is 0.0949. The van der Waals surface area contributed by atoms with Gasteiger partial charge < -0.3 is 10.8 Å². The van der Waals surface area contributed by atoms with Crippen LogP contribution in [-0.2, 0) is 4.79 Å². The van der Waals surface area contributed by atoms with Gasteiger partial charge in [0.25, 0.3) is 0 Å². The molecule has 60 valence electrons. The van der Waals surface area contributed by atoms with Gasteiger partial charge in [0, 0.05) is 5.75 Å². The third kappa shape index (κ3) is 1.64. The summed E-state index contributed by atoms with van der Waals surface area (Å²) in [4.78, 5) is 10.5. The van der Waals surface area contributed by atoms with Gasteiger partial charge in [-0.2, -0.15) is 12.6 Å². The second kappa shape index (κ2) is 3.25. The molecule has 0 aromatic carbocycles. The highest BCUT2D eigenvalue weighted by atomic mass is 32.1. The van der Waals surface area contributed by atoms with Crippen molar-refractivity contribution in [2.24, 2.45) is 11.7 Å². The van der Waals surface area contributed by atoms with E-state index >= 15 is 0 Å². The first-order valence-electron chi connectivity index (χ1n) is 3.08. The van der Waals surface area contributed by atoms with Crippen LogP contribution in [0.15, 0.2) is 0 Å². The highest BCUT2D eigenvalue weighted by molar-refractivity contribution is 7.80. The lowest BCUT2D eigenvalue weighted by molar-refractivity contribution is -0.144. The summed E-state index contributed by atoms with van der Waals surface area (Å²) < 4.78 is 0. The quantitative estimate of drug-likeness (QED) is 0.526. The largest absolute Gasteiger partial charge is 0.480 e. The Kier molecular flexibility index (Phi) is 3.18. The number of rotatable bonds is 3. The molecule has 3 nitrogen and oxygen atoms in total. The third-order valence-corrected chi connectivity index (χ3v) is 2.21. The van der Waals surface area contributed by atoms with Crippen molar-refractivity contribution in [2.45, 2.75) is 19.4 Å². The van der Waals surface area contributed by atoms with Crippen molar-refractivity contribution >= 4 is 18.6 Å². The second-order valence-electron chi connectivity index (χ2n) is 2.66. The van der Waals surface area contributed by atoms with Crippen LogP contribution in [0.4, 0.5) is 0 Å². The van der Waals surface area contributed by atoms with Crippen LogP contribution in [0.1, 0.15) is 13.8 Å². The van der Waals surface area contributed by atoms with E-state index in [-0.39, 0.29) is 11.7 Å². The predicted molar refractivity (Wildman–Crippen MR) is 43.2 cm³/mol. The predicted octanol–water partition coefficient (Wildman–Crippen LogP) is 0.354. The Balaban J connectivity index is 4.38. The monoisotopic (exact) mass is 163 g/mol. The third-order valence-electron chi connectivity index (χ3n) is 1.69. The van der Waals surface area contributed by atoms with Gasteiger partial charge in [-0.15, -0.1) is 0 Å². The Labute approximate surface area is 66.0 Å². The van der Waals surface area contributed by atoms with E-state index in [0.29, 0.717) is 0 Å². The van der Waals surface area contributed by atoms with Crippen molar-refractivity contribution in [3.05, 3.63) is 0 Å². The maximum absolute atomic E-state index is 10.5. The summed E-state index contributed by atoms with van der Waals surface area (Å²) in [5.74, 6) is -0.917. The molecule has 0 fully saturated rings. The molecule has 0 amide bonds. The van der Waals surface area contributed by atoms with Gasteiger partial charge in [0.2, 0.25) is 0 Å². The summed E-state index contributed by atoms with van der Waals surface area (Å²) in [7, 11) is 0. The van der Waals surface area contributed by atoms with E-state index in [1.807, 2.05) is 0 Å². The smallest absolute Gasteiger partial charge is 0.324 e. The number of carboxylic acid groups (broad SMARTS) is 1. The molecule has 4 heteroatoms. The zero-order valence-electron chi connectivity index (χ0n) is 6.16. The molecule has 0 bridgehead atoms. The van der Waals surface area contributed by atoms with Gasteiger partial charge in [-0.3, -0.25) is 4.79 Å². The Bertz CT molecular complexity index is 138. The molecule has 0 saturated carbocycles. The van der Waals surface area contributed by atoms with Gasteiger partial charge in [0.05, 0.1) is 0 Å². The molecule has 3 N–H and O–H groups in total. The first-order chi connectivity index (χ1) is 4.45. The maximum Gasteiger partial charge on any atom is 0.324 e. The molecule has 0 rings (SSSR count). The lowest BCUT2D eigenvalue weighted by Gasteiger charge is -2.26. The molecule has 0 aromatic rings. The standard InChI is InChI=1S/C6H13NO2S/c1-4(2)6(7,3-10)5(8)9/h4,10H,3,7H2,1-2H3,(H,8,9). The van der Waals surface area contributed by atoms with Crippen molar-refractivity contribution in [3.63, 3.8) is 0 Å². The lowest BCUT2D eigenvalue weighted by Crippen LogP contribution is -2.54. The molecule has 0 aromatic heterocycles. The lowest BCUT2D eigenvalue weighted by atomic mass is 9.90. The minimum Gasteiger partial charge on any atom is -0.480 e. The summed E-state index contributed by atoms with van der Waals surface area (Å²) in [5, 5.41) is 8.63. The molecule has 0 saturated heterocycles. The van der Waals surface area contributed by atoms with Crippen LogP contribution < -0.4 is 5.73 Å². The number of aliphatic carboxylic acids is 1. The van der Waals surface area contributed by atoms with E-state index in [2.05, 4.69) is 12.6 Å². The zero-order chi connectivity index (χ0) is 8.36. The van der Waals surface area contributed by atoms with Gasteiger partial charge in [-0.1, -0.05) is 13.8 Å². The SMILES string of the molecule is CC(C)C(N)(CS)C(=O)O. The summed E-state index contributed by atoms with van der Waals surface area (Å²) in [6.45, 7) is 3.54. The minimum atomic E-state index is -1.18. The van der Waals surface area contributed by atoms with Crippen LogP contribution in [-0.4, -0.2) is 22.4 Å². The normalized spacial score (nSPS) is 16.9.